The van der Waals surface area contributed by atoms with E-state index in [1.165, 1.54) is 12.1 Å². The Bertz CT molecular complexity index is 370. The second-order valence-electron chi connectivity index (χ2n) is 3.69. The van der Waals surface area contributed by atoms with Gasteiger partial charge >= 0.3 is 0 Å². The van der Waals surface area contributed by atoms with Crippen molar-refractivity contribution in [1.82, 2.24) is 4.90 Å². The van der Waals surface area contributed by atoms with E-state index in [0.717, 1.165) is 5.56 Å². The van der Waals surface area contributed by atoms with Gasteiger partial charge in [-0.1, -0.05) is 30.3 Å². The van der Waals surface area contributed by atoms with Gasteiger partial charge in [0, 0.05) is 11.6 Å². The Kier molecular flexibility index (Phi) is 4.93. The van der Waals surface area contributed by atoms with E-state index in [1.54, 1.807) is 19.2 Å². The van der Waals surface area contributed by atoms with Crippen LogP contribution >= 0.6 is 11.6 Å². The average Bonchev–Trinajstić information content (AvgIpc) is 2.17. The number of hydrogen-bond donors (Lipinski definition) is 1. The Morgan fingerprint density at radius 1 is 1.62 bits per heavy atom. The van der Waals surface area contributed by atoms with Gasteiger partial charge in [0.25, 0.3) is 0 Å². The maximum absolute atomic E-state index is 13.0. The molecular weight excluding hydrogens is 229 g/mol. The number of aliphatic hydroxyl groups excluding tert-OH is 1. The molecule has 0 bridgehead atoms. The molecule has 0 saturated heterocycles. The highest BCUT2D eigenvalue weighted by molar-refractivity contribution is 6.29. The first-order chi connectivity index (χ1) is 7.54. The predicted molar refractivity (Wildman–Crippen MR) is 63.8 cm³/mol. The molecular formula is C12H15ClFNO. The molecule has 0 heterocycles. The standard InChI is InChI=1S/C12H15ClFNO/c1-9(13)7-15(2)12(8-16)10-4-3-5-11(14)6-10/h3-6,12,16H,1,7-8H2,2H3. The van der Waals surface area contributed by atoms with Gasteiger partial charge < -0.3 is 5.11 Å². The fraction of sp³-hybridized carbons (Fsp3) is 0.333. The van der Waals surface area contributed by atoms with Gasteiger partial charge in [-0.2, -0.15) is 0 Å². The lowest BCUT2D eigenvalue weighted by molar-refractivity contribution is 0.158. The molecule has 1 aromatic carbocycles. The van der Waals surface area contributed by atoms with E-state index in [9.17, 15) is 9.50 Å². The van der Waals surface area contributed by atoms with Gasteiger partial charge in [0.2, 0.25) is 0 Å². The van der Waals surface area contributed by atoms with E-state index in [2.05, 4.69) is 6.58 Å². The molecule has 0 spiro atoms. The van der Waals surface area contributed by atoms with Crippen molar-refractivity contribution in [3.8, 4) is 0 Å². The number of nitrogens with zero attached hydrogens (tertiary/aromatic N) is 1. The molecule has 0 amide bonds. The minimum Gasteiger partial charge on any atom is -0.394 e. The third-order valence-electron chi connectivity index (χ3n) is 2.36. The van der Waals surface area contributed by atoms with E-state index in [1.807, 2.05) is 4.90 Å². The number of hydrogen-bond acceptors (Lipinski definition) is 2. The summed E-state index contributed by atoms with van der Waals surface area (Å²) in [7, 11) is 1.80. The number of benzene rings is 1. The van der Waals surface area contributed by atoms with E-state index in [4.69, 9.17) is 11.6 Å². The van der Waals surface area contributed by atoms with Crippen LogP contribution in [0.15, 0.2) is 35.9 Å². The van der Waals surface area contributed by atoms with Crippen molar-refractivity contribution >= 4 is 11.6 Å². The average molecular weight is 244 g/mol. The van der Waals surface area contributed by atoms with Crippen LogP contribution in [0.3, 0.4) is 0 Å². The lowest BCUT2D eigenvalue weighted by atomic mass is 10.1. The zero-order chi connectivity index (χ0) is 12.1. The van der Waals surface area contributed by atoms with Crippen molar-refractivity contribution in [3.05, 3.63) is 47.3 Å². The largest absolute Gasteiger partial charge is 0.394 e. The lowest BCUT2D eigenvalue weighted by Gasteiger charge is -2.26. The summed E-state index contributed by atoms with van der Waals surface area (Å²) in [4.78, 5) is 1.82. The van der Waals surface area contributed by atoms with Crippen LogP contribution in [0.5, 0.6) is 0 Å². The van der Waals surface area contributed by atoms with Crippen molar-refractivity contribution < 1.29 is 9.50 Å². The molecule has 1 rings (SSSR count). The van der Waals surface area contributed by atoms with Crippen molar-refractivity contribution in [2.45, 2.75) is 6.04 Å². The van der Waals surface area contributed by atoms with E-state index in [0.29, 0.717) is 11.6 Å². The second-order valence-corrected chi connectivity index (χ2v) is 4.22. The highest BCUT2D eigenvalue weighted by atomic mass is 35.5. The molecule has 0 aromatic heterocycles. The minimum absolute atomic E-state index is 0.0931. The van der Waals surface area contributed by atoms with Crippen LogP contribution < -0.4 is 0 Å². The van der Waals surface area contributed by atoms with Crippen LogP contribution in [-0.2, 0) is 0 Å². The summed E-state index contributed by atoms with van der Waals surface area (Å²) in [5.41, 5.74) is 0.725. The first-order valence-electron chi connectivity index (χ1n) is 4.94. The summed E-state index contributed by atoms with van der Waals surface area (Å²) in [6.07, 6.45) is 0. The van der Waals surface area contributed by atoms with Gasteiger partial charge in [0.1, 0.15) is 5.82 Å². The van der Waals surface area contributed by atoms with Gasteiger partial charge in [-0.3, -0.25) is 4.90 Å². The number of halogens is 2. The van der Waals surface area contributed by atoms with Crippen molar-refractivity contribution in [3.63, 3.8) is 0 Å². The Morgan fingerprint density at radius 2 is 2.31 bits per heavy atom. The summed E-state index contributed by atoms with van der Waals surface area (Å²) >= 11 is 5.70. The van der Waals surface area contributed by atoms with Crippen molar-refractivity contribution in [1.29, 1.82) is 0 Å². The molecule has 16 heavy (non-hydrogen) atoms. The fourth-order valence-corrected chi connectivity index (χ4v) is 1.78. The van der Waals surface area contributed by atoms with E-state index >= 15 is 0 Å². The SMILES string of the molecule is C=C(Cl)CN(C)C(CO)c1cccc(F)c1. The van der Waals surface area contributed by atoms with Crippen LogP contribution in [0, 0.1) is 5.82 Å². The number of rotatable bonds is 5. The summed E-state index contributed by atoms with van der Waals surface area (Å²) in [5.74, 6) is -0.311. The summed E-state index contributed by atoms with van der Waals surface area (Å²) in [6, 6.07) is 5.91. The van der Waals surface area contributed by atoms with Gasteiger partial charge in [-0.15, -0.1) is 0 Å². The molecule has 2 nitrogen and oxygen atoms in total. The zero-order valence-corrected chi connectivity index (χ0v) is 9.91. The number of likely N-dealkylation sites (N-methyl/N-ethyl adjacent to an activating group) is 1. The quantitative estimate of drug-likeness (QED) is 0.859. The Morgan fingerprint density at radius 3 is 2.81 bits per heavy atom. The van der Waals surface area contributed by atoms with Crippen molar-refractivity contribution in [2.24, 2.45) is 0 Å². The molecule has 1 N–H and O–H groups in total. The first kappa shape index (κ1) is 13.2. The molecule has 0 aliphatic heterocycles. The highest BCUT2D eigenvalue weighted by Gasteiger charge is 2.16. The normalized spacial score (nSPS) is 12.8. The molecule has 4 heteroatoms. The Balaban J connectivity index is 2.85. The number of aliphatic hydroxyl groups is 1. The van der Waals surface area contributed by atoms with Crippen LogP contribution in [-0.4, -0.2) is 30.2 Å². The third-order valence-corrected chi connectivity index (χ3v) is 2.48. The molecule has 88 valence electrons. The van der Waals surface area contributed by atoms with E-state index < -0.39 is 0 Å². The molecule has 0 radical (unpaired) electrons. The predicted octanol–water partition coefficient (Wildman–Crippen LogP) is 2.54. The van der Waals surface area contributed by atoms with Gasteiger partial charge in [0.15, 0.2) is 0 Å². The molecule has 0 saturated carbocycles. The van der Waals surface area contributed by atoms with Crippen molar-refractivity contribution in [2.75, 3.05) is 20.2 Å². The Labute approximate surface area is 100.0 Å². The van der Waals surface area contributed by atoms with Crippen LogP contribution in [0.25, 0.3) is 0 Å². The monoisotopic (exact) mass is 243 g/mol. The lowest BCUT2D eigenvalue weighted by Crippen LogP contribution is -2.28. The summed E-state index contributed by atoms with van der Waals surface area (Å²) in [5, 5.41) is 9.80. The molecule has 1 aromatic rings. The summed E-state index contributed by atoms with van der Waals surface area (Å²) in [6.45, 7) is 3.95. The van der Waals surface area contributed by atoms with Gasteiger partial charge in [-0.05, 0) is 24.7 Å². The minimum atomic E-state index is -0.311. The second kappa shape index (κ2) is 5.99. The van der Waals surface area contributed by atoms with Gasteiger partial charge in [0.05, 0.1) is 12.6 Å². The third kappa shape index (κ3) is 3.59. The van der Waals surface area contributed by atoms with Crippen LogP contribution in [0.1, 0.15) is 11.6 Å². The van der Waals surface area contributed by atoms with Crippen LogP contribution in [0.2, 0.25) is 0 Å². The first-order valence-corrected chi connectivity index (χ1v) is 5.32. The zero-order valence-electron chi connectivity index (χ0n) is 9.16. The molecule has 1 unspecified atom stereocenters. The topological polar surface area (TPSA) is 23.5 Å². The maximum atomic E-state index is 13.0. The van der Waals surface area contributed by atoms with Crippen LogP contribution in [0.4, 0.5) is 4.39 Å². The molecule has 0 aliphatic rings. The molecule has 0 aliphatic carbocycles. The smallest absolute Gasteiger partial charge is 0.123 e. The molecule has 1 atom stereocenters. The maximum Gasteiger partial charge on any atom is 0.123 e. The van der Waals surface area contributed by atoms with E-state index in [-0.39, 0.29) is 18.5 Å². The highest BCUT2D eigenvalue weighted by Crippen LogP contribution is 2.20. The summed E-state index contributed by atoms with van der Waals surface area (Å²) < 4.78 is 13.0. The fourth-order valence-electron chi connectivity index (χ4n) is 1.59. The Hall–Kier alpha value is -0.900. The molecule has 0 fully saturated rings. The van der Waals surface area contributed by atoms with Gasteiger partial charge in [-0.25, -0.2) is 4.39 Å².